The van der Waals surface area contributed by atoms with E-state index in [4.69, 9.17) is 0 Å². The van der Waals surface area contributed by atoms with Gasteiger partial charge < -0.3 is 10.6 Å². The van der Waals surface area contributed by atoms with Gasteiger partial charge in [-0.25, -0.2) is 0 Å². The van der Waals surface area contributed by atoms with E-state index < -0.39 is 4.92 Å². The van der Waals surface area contributed by atoms with Gasteiger partial charge in [0.15, 0.2) is 0 Å². The molecule has 0 fully saturated rings. The largest absolute Gasteiger partial charge is 0.376 e. The molecule has 0 spiro atoms. The van der Waals surface area contributed by atoms with E-state index >= 15 is 0 Å². The van der Waals surface area contributed by atoms with Gasteiger partial charge in [0, 0.05) is 29.1 Å². The molecule has 0 aromatic heterocycles. The molecule has 0 unspecified atom stereocenters. The predicted octanol–water partition coefficient (Wildman–Crippen LogP) is 4.31. The highest BCUT2D eigenvalue weighted by atomic mass is 16.6. The summed E-state index contributed by atoms with van der Waals surface area (Å²) in [6.07, 6.45) is 0. The Kier molecular flexibility index (Phi) is 5.24. The number of nitro groups is 1. The van der Waals surface area contributed by atoms with Crippen LogP contribution in [0.1, 0.15) is 0 Å². The van der Waals surface area contributed by atoms with Gasteiger partial charge in [0.2, 0.25) is 5.91 Å². The molecule has 0 heterocycles. The van der Waals surface area contributed by atoms with Gasteiger partial charge in [0.25, 0.3) is 5.69 Å². The lowest BCUT2D eigenvalue weighted by Gasteiger charge is -2.12. The lowest BCUT2D eigenvalue weighted by atomic mass is 10.0. The maximum atomic E-state index is 12.2. The third kappa shape index (κ3) is 4.24. The number of carbonyl (C=O) groups is 1. The van der Waals surface area contributed by atoms with Crippen LogP contribution >= 0.6 is 0 Å². The van der Waals surface area contributed by atoms with Crippen LogP contribution in [-0.2, 0) is 4.79 Å². The Bertz CT molecular complexity index is 926. The first kappa shape index (κ1) is 17.2. The molecular weight excluding hydrogens is 330 g/mol. The highest BCUT2D eigenvalue weighted by Crippen LogP contribution is 2.27. The monoisotopic (exact) mass is 347 g/mol. The molecule has 0 aliphatic carbocycles. The molecule has 26 heavy (non-hydrogen) atoms. The van der Waals surface area contributed by atoms with E-state index in [9.17, 15) is 14.9 Å². The number of nitro benzene ring substituents is 1. The van der Waals surface area contributed by atoms with Crippen molar-refractivity contribution in [1.29, 1.82) is 0 Å². The fourth-order valence-electron chi connectivity index (χ4n) is 2.58. The molecule has 0 saturated heterocycles. The second kappa shape index (κ2) is 7.94. The number of anilines is 2. The Morgan fingerprint density at radius 3 is 2.42 bits per heavy atom. The third-order valence-electron chi connectivity index (χ3n) is 3.79. The summed E-state index contributed by atoms with van der Waals surface area (Å²) < 4.78 is 0. The molecule has 3 aromatic carbocycles. The molecular formula is C20H17N3O3. The summed E-state index contributed by atoms with van der Waals surface area (Å²) >= 11 is 0. The van der Waals surface area contributed by atoms with Crippen molar-refractivity contribution in [3.63, 3.8) is 0 Å². The highest BCUT2D eigenvalue weighted by molar-refractivity contribution is 5.94. The van der Waals surface area contributed by atoms with E-state index in [0.29, 0.717) is 5.69 Å². The molecule has 0 aliphatic rings. The number of amides is 1. The van der Waals surface area contributed by atoms with E-state index in [-0.39, 0.29) is 18.1 Å². The Hall–Kier alpha value is -3.67. The van der Waals surface area contributed by atoms with E-state index in [1.807, 2.05) is 54.6 Å². The van der Waals surface area contributed by atoms with Gasteiger partial charge in [-0.15, -0.1) is 0 Å². The van der Waals surface area contributed by atoms with Gasteiger partial charge in [0.05, 0.1) is 11.5 Å². The molecule has 0 saturated carbocycles. The van der Waals surface area contributed by atoms with Crippen molar-refractivity contribution in [2.24, 2.45) is 0 Å². The second-order valence-corrected chi connectivity index (χ2v) is 5.62. The Morgan fingerprint density at radius 2 is 1.65 bits per heavy atom. The lowest BCUT2D eigenvalue weighted by molar-refractivity contribution is -0.384. The summed E-state index contributed by atoms with van der Waals surface area (Å²) in [5, 5.41) is 16.6. The number of nitrogens with zero attached hydrogens (tertiary/aromatic N) is 1. The molecule has 2 N–H and O–H groups in total. The molecule has 6 heteroatoms. The summed E-state index contributed by atoms with van der Waals surface area (Å²) in [5.74, 6) is -0.284. The van der Waals surface area contributed by atoms with Crippen molar-refractivity contribution in [2.45, 2.75) is 0 Å². The lowest BCUT2D eigenvalue weighted by Crippen LogP contribution is -2.22. The predicted molar refractivity (Wildman–Crippen MR) is 102 cm³/mol. The average Bonchev–Trinajstić information content (AvgIpc) is 2.67. The number of non-ortho nitro benzene ring substituents is 1. The van der Waals surface area contributed by atoms with Crippen LogP contribution in [0.2, 0.25) is 0 Å². The molecule has 0 atom stereocenters. The van der Waals surface area contributed by atoms with Gasteiger partial charge in [-0.05, 0) is 17.7 Å². The van der Waals surface area contributed by atoms with Crippen LogP contribution in [-0.4, -0.2) is 17.4 Å². The number of para-hydroxylation sites is 1. The summed E-state index contributed by atoms with van der Waals surface area (Å²) in [6, 6.07) is 23.5. The quantitative estimate of drug-likeness (QED) is 0.514. The molecule has 130 valence electrons. The minimum Gasteiger partial charge on any atom is -0.376 e. The van der Waals surface area contributed by atoms with Crippen LogP contribution in [0.4, 0.5) is 17.1 Å². The van der Waals surface area contributed by atoms with Crippen LogP contribution in [0, 0.1) is 10.1 Å². The van der Waals surface area contributed by atoms with E-state index in [1.165, 1.54) is 18.2 Å². The first-order chi connectivity index (χ1) is 12.6. The molecule has 3 rings (SSSR count). The molecule has 3 aromatic rings. The summed E-state index contributed by atoms with van der Waals surface area (Å²) in [6.45, 7) is 0.0482. The van der Waals surface area contributed by atoms with E-state index in [1.54, 1.807) is 6.07 Å². The molecule has 6 nitrogen and oxygen atoms in total. The van der Waals surface area contributed by atoms with Crippen LogP contribution in [0.25, 0.3) is 11.1 Å². The normalized spacial score (nSPS) is 10.2. The van der Waals surface area contributed by atoms with Crippen LogP contribution in [0.5, 0.6) is 0 Å². The maximum Gasteiger partial charge on any atom is 0.271 e. The molecule has 0 radical (unpaired) electrons. The zero-order chi connectivity index (χ0) is 18.4. The first-order valence-corrected chi connectivity index (χ1v) is 8.06. The highest BCUT2D eigenvalue weighted by Gasteiger charge is 2.09. The van der Waals surface area contributed by atoms with E-state index in [0.717, 1.165) is 16.8 Å². The summed E-state index contributed by atoms with van der Waals surface area (Å²) in [4.78, 5) is 22.5. The number of hydrogen-bond acceptors (Lipinski definition) is 4. The van der Waals surface area contributed by atoms with E-state index in [2.05, 4.69) is 10.6 Å². The first-order valence-electron chi connectivity index (χ1n) is 8.06. The zero-order valence-corrected chi connectivity index (χ0v) is 13.9. The summed E-state index contributed by atoms with van der Waals surface area (Å²) in [5.41, 5.74) is 3.21. The fourth-order valence-corrected chi connectivity index (χ4v) is 2.58. The van der Waals surface area contributed by atoms with Gasteiger partial charge in [-0.2, -0.15) is 0 Å². The van der Waals surface area contributed by atoms with Gasteiger partial charge in [-0.1, -0.05) is 54.6 Å². The minimum absolute atomic E-state index is 0.0482. The Balaban J connectivity index is 1.67. The number of rotatable bonds is 6. The van der Waals surface area contributed by atoms with Crippen molar-refractivity contribution in [3.8, 4) is 11.1 Å². The number of nitrogens with one attached hydrogen (secondary N) is 2. The minimum atomic E-state index is -0.496. The van der Waals surface area contributed by atoms with Crippen molar-refractivity contribution in [2.75, 3.05) is 17.2 Å². The Labute approximate surface area is 150 Å². The zero-order valence-electron chi connectivity index (χ0n) is 13.9. The van der Waals surface area contributed by atoms with Crippen molar-refractivity contribution >= 4 is 23.0 Å². The molecule has 0 bridgehead atoms. The topological polar surface area (TPSA) is 84.3 Å². The SMILES string of the molecule is O=C(CNc1ccccc1-c1ccccc1)Nc1cccc([N+](=O)[O-])c1. The standard InChI is InChI=1S/C20H17N3O3/c24-20(22-16-9-6-10-17(13-16)23(25)26)14-21-19-12-5-4-11-18(19)15-7-2-1-3-8-15/h1-13,21H,14H2,(H,22,24). The smallest absolute Gasteiger partial charge is 0.271 e. The van der Waals surface area contributed by atoms with Crippen molar-refractivity contribution in [1.82, 2.24) is 0 Å². The number of hydrogen-bond donors (Lipinski definition) is 2. The molecule has 1 amide bonds. The average molecular weight is 347 g/mol. The maximum absolute atomic E-state index is 12.2. The molecule has 0 aliphatic heterocycles. The third-order valence-corrected chi connectivity index (χ3v) is 3.79. The fraction of sp³-hybridized carbons (Fsp3) is 0.0500. The van der Waals surface area contributed by atoms with Crippen LogP contribution in [0.3, 0.4) is 0 Å². The summed E-state index contributed by atoms with van der Waals surface area (Å²) in [7, 11) is 0. The Morgan fingerprint density at radius 1 is 0.923 bits per heavy atom. The number of carbonyl (C=O) groups excluding carboxylic acids is 1. The van der Waals surface area contributed by atoms with Gasteiger partial charge in [-0.3, -0.25) is 14.9 Å². The van der Waals surface area contributed by atoms with Gasteiger partial charge in [0.1, 0.15) is 0 Å². The van der Waals surface area contributed by atoms with Crippen molar-refractivity contribution < 1.29 is 9.72 Å². The van der Waals surface area contributed by atoms with Crippen LogP contribution < -0.4 is 10.6 Å². The van der Waals surface area contributed by atoms with Crippen LogP contribution in [0.15, 0.2) is 78.9 Å². The second-order valence-electron chi connectivity index (χ2n) is 5.62. The van der Waals surface area contributed by atoms with Gasteiger partial charge >= 0.3 is 0 Å². The number of benzene rings is 3. The van der Waals surface area contributed by atoms with Crippen molar-refractivity contribution in [3.05, 3.63) is 89.0 Å².